The summed E-state index contributed by atoms with van der Waals surface area (Å²) >= 11 is 0.788. The van der Waals surface area contributed by atoms with Gasteiger partial charge < -0.3 is 9.84 Å². The highest BCUT2D eigenvalue weighted by molar-refractivity contribution is 7.91. The smallest absolute Gasteiger partial charge is 0.346 e. The van der Waals surface area contributed by atoms with Gasteiger partial charge >= 0.3 is 5.97 Å². The van der Waals surface area contributed by atoms with Crippen LogP contribution in [0.5, 0.6) is 0 Å². The van der Waals surface area contributed by atoms with Crippen molar-refractivity contribution in [3.05, 3.63) is 16.5 Å². The Balaban J connectivity index is 1.62. The minimum Gasteiger partial charge on any atom is -0.477 e. The molecule has 1 unspecified atom stereocenters. The highest BCUT2D eigenvalue weighted by Crippen LogP contribution is 2.41. The van der Waals surface area contributed by atoms with E-state index in [0.717, 1.165) is 37.0 Å². The van der Waals surface area contributed by atoms with Gasteiger partial charge in [0, 0.05) is 6.54 Å². The van der Waals surface area contributed by atoms with Gasteiger partial charge in [-0.2, -0.15) is 0 Å². The van der Waals surface area contributed by atoms with E-state index in [1.807, 2.05) is 0 Å². The van der Waals surface area contributed by atoms with Crippen molar-refractivity contribution in [3.63, 3.8) is 0 Å². The molecule has 3 rings (SSSR count). The van der Waals surface area contributed by atoms with Gasteiger partial charge in [-0.25, -0.2) is 17.9 Å². The summed E-state index contributed by atoms with van der Waals surface area (Å²) in [5, 5.41) is 9.06. The summed E-state index contributed by atoms with van der Waals surface area (Å²) in [7, 11) is -3.70. The third-order valence-electron chi connectivity index (χ3n) is 4.96. The molecule has 2 N–H and O–H groups in total. The maximum atomic E-state index is 12.4. The molecule has 1 saturated carbocycles. The Kier molecular flexibility index (Phi) is 5.01. The van der Waals surface area contributed by atoms with Gasteiger partial charge in [-0.3, -0.25) is 0 Å². The van der Waals surface area contributed by atoms with E-state index < -0.39 is 16.0 Å². The topological polar surface area (TPSA) is 92.7 Å². The zero-order valence-electron chi connectivity index (χ0n) is 13.7. The Morgan fingerprint density at radius 2 is 2.08 bits per heavy atom. The Morgan fingerprint density at radius 1 is 1.38 bits per heavy atom. The quantitative estimate of drug-likeness (QED) is 0.828. The third-order valence-corrected chi connectivity index (χ3v) is 8.08. The maximum absolute atomic E-state index is 12.4. The number of thiophene rings is 1. The fourth-order valence-electron chi connectivity index (χ4n) is 3.67. The Hall–Kier alpha value is -0.960. The van der Waals surface area contributed by atoms with Crippen molar-refractivity contribution in [1.82, 2.24) is 4.72 Å². The first-order valence-electron chi connectivity index (χ1n) is 8.33. The lowest BCUT2D eigenvalue weighted by Gasteiger charge is -2.33. The molecular weight excluding hydrogens is 350 g/mol. The van der Waals surface area contributed by atoms with Crippen molar-refractivity contribution in [1.29, 1.82) is 0 Å². The van der Waals surface area contributed by atoms with Crippen LogP contribution in [0.15, 0.2) is 10.3 Å². The molecule has 1 atom stereocenters. The largest absolute Gasteiger partial charge is 0.477 e. The fraction of sp³-hybridized carbons (Fsp3) is 0.688. The predicted octanol–water partition coefficient (Wildman–Crippen LogP) is 2.91. The van der Waals surface area contributed by atoms with Crippen molar-refractivity contribution in [2.45, 2.75) is 67.8 Å². The monoisotopic (exact) mass is 373 g/mol. The van der Waals surface area contributed by atoms with Gasteiger partial charge in [0.15, 0.2) is 0 Å². The molecule has 2 heterocycles. The van der Waals surface area contributed by atoms with Crippen molar-refractivity contribution in [3.8, 4) is 0 Å². The second-order valence-corrected chi connectivity index (χ2v) is 9.80. The summed E-state index contributed by atoms with van der Waals surface area (Å²) in [4.78, 5) is 11.1. The number of aromatic carboxylic acids is 1. The number of sulfonamides is 1. The number of ether oxygens (including phenoxy) is 1. The number of hydrogen-bond donors (Lipinski definition) is 2. The van der Waals surface area contributed by atoms with Crippen LogP contribution in [-0.2, 0) is 14.8 Å². The highest BCUT2D eigenvalue weighted by atomic mass is 32.2. The van der Waals surface area contributed by atoms with Crippen molar-refractivity contribution in [2.75, 3.05) is 6.54 Å². The molecule has 1 saturated heterocycles. The number of hydrogen-bond acceptors (Lipinski definition) is 5. The van der Waals surface area contributed by atoms with Crippen molar-refractivity contribution >= 4 is 27.3 Å². The number of carboxylic acid groups (broad SMARTS) is 1. The van der Waals surface area contributed by atoms with Gasteiger partial charge in [-0.1, -0.05) is 19.3 Å². The SMILES string of the molecule is Cc1cc(S(=O)(=O)NCC2CCC3(CCCCC3)O2)sc1C(=O)O. The first-order chi connectivity index (χ1) is 11.3. The first kappa shape index (κ1) is 17.8. The van der Waals surface area contributed by atoms with Gasteiger partial charge in [0.05, 0.1) is 11.7 Å². The summed E-state index contributed by atoms with van der Waals surface area (Å²) in [5.41, 5.74) is 0.427. The van der Waals surface area contributed by atoms with Crippen LogP contribution in [0.2, 0.25) is 0 Å². The van der Waals surface area contributed by atoms with Crippen LogP contribution in [0, 0.1) is 6.92 Å². The van der Waals surface area contributed by atoms with Gasteiger partial charge in [0.25, 0.3) is 0 Å². The van der Waals surface area contributed by atoms with Crippen LogP contribution in [0.3, 0.4) is 0 Å². The van der Waals surface area contributed by atoms with E-state index in [1.54, 1.807) is 6.92 Å². The molecule has 1 aromatic heterocycles. The molecule has 0 amide bonds. The molecule has 0 aromatic carbocycles. The second kappa shape index (κ2) is 6.74. The lowest BCUT2D eigenvalue weighted by atomic mass is 9.83. The van der Waals surface area contributed by atoms with Crippen LogP contribution in [-0.4, -0.2) is 37.7 Å². The normalized spacial score (nSPS) is 23.6. The summed E-state index contributed by atoms with van der Waals surface area (Å²) < 4.78 is 33.6. The number of rotatable bonds is 5. The van der Waals surface area contributed by atoms with Crippen LogP contribution < -0.4 is 4.72 Å². The molecule has 2 fully saturated rings. The third kappa shape index (κ3) is 3.66. The van der Waals surface area contributed by atoms with E-state index in [4.69, 9.17) is 9.84 Å². The summed E-state index contributed by atoms with van der Waals surface area (Å²) in [6.45, 7) is 1.84. The zero-order chi connectivity index (χ0) is 17.4. The van der Waals surface area contributed by atoms with Crippen LogP contribution >= 0.6 is 11.3 Å². The standard InChI is InChI=1S/C16H23NO5S2/c1-11-9-13(23-14(11)15(18)19)24(20,21)17-10-12-5-8-16(22-12)6-3-2-4-7-16/h9,12,17H,2-8,10H2,1H3,(H,18,19). The molecule has 2 aliphatic rings. The summed E-state index contributed by atoms with van der Waals surface area (Å²) in [6, 6.07) is 1.41. The Bertz CT molecular complexity index is 719. The van der Waals surface area contributed by atoms with E-state index in [1.165, 1.54) is 25.3 Å². The fourth-order valence-corrected chi connectivity index (χ4v) is 6.16. The predicted molar refractivity (Wildman–Crippen MR) is 91.1 cm³/mol. The molecule has 1 aliphatic heterocycles. The average molecular weight is 373 g/mol. The van der Waals surface area contributed by atoms with Gasteiger partial charge in [0.1, 0.15) is 9.09 Å². The summed E-state index contributed by atoms with van der Waals surface area (Å²) in [5.74, 6) is -1.10. The Morgan fingerprint density at radius 3 is 2.71 bits per heavy atom. The second-order valence-electron chi connectivity index (χ2n) is 6.76. The van der Waals surface area contributed by atoms with Gasteiger partial charge in [-0.05, 0) is 44.2 Å². The molecule has 1 aliphatic carbocycles. The minimum absolute atomic E-state index is 0.0373. The van der Waals surface area contributed by atoms with E-state index in [-0.39, 0.29) is 27.3 Å². The highest BCUT2D eigenvalue weighted by Gasteiger charge is 2.41. The first-order valence-corrected chi connectivity index (χ1v) is 10.6. The number of carboxylic acids is 1. The molecule has 1 aromatic rings. The zero-order valence-corrected chi connectivity index (χ0v) is 15.3. The molecule has 6 nitrogen and oxygen atoms in total. The molecule has 1 spiro atoms. The average Bonchev–Trinajstić information content (AvgIpc) is 3.11. The number of carbonyl (C=O) groups is 1. The molecule has 24 heavy (non-hydrogen) atoms. The maximum Gasteiger partial charge on any atom is 0.346 e. The molecule has 0 radical (unpaired) electrons. The van der Waals surface area contributed by atoms with E-state index in [2.05, 4.69) is 4.72 Å². The van der Waals surface area contributed by atoms with Gasteiger partial charge in [-0.15, -0.1) is 11.3 Å². The van der Waals surface area contributed by atoms with Crippen LogP contribution in [0.1, 0.15) is 60.2 Å². The van der Waals surface area contributed by atoms with E-state index in [9.17, 15) is 13.2 Å². The van der Waals surface area contributed by atoms with Crippen molar-refractivity contribution in [2.24, 2.45) is 0 Å². The van der Waals surface area contributed by atoms with E-state index >= 15 is 0 Å². The molecule has 134 valence electrons. The molecule has 0 bridgehead atoms. The van der Waals surface area contributed by atoms with E-state index in [0.29, 0.717) is 5.56 Å². The lowest BCUT2D eigenvalue weighted by Crippen LogP contribution is -2.36. The molecule has 8 heteroatoms. The number of nitrogens with one attached hydrogen (secondary N) is 1. The minimum atomic E-state index is -3.70. The van der Waals surface area contributed by atoms with Crippen molar-refractivity contribution < 1.29 is 23.1 Å². The number of aryl methyl sites for hydroxylation is 1. The van der Waals surface area contributed by atoms with Gasteiger partial charge in [0.2, 0.25) is 10.0 Å². The lowest BCUT2D eigenvalue weighted by molar-refractivity contribution is -0.0610. The van der Waals surface area contributed by atoms with Crippen LogP contribution in [0.25, 0.3) is 0 Å². The summed E-state index contributed by atoms with van der Waals surface area (Å²) in [6.07, 6.45) is 7.54. The molecular formula is C16H23NO5S2. The van der Waals surface area contributed by atoms with Crippen LogP contribution in [0.4, 0.5) is 0 Å². The Labute approximate surface area is 146 Å².